The van der Waals surface area contributed by atoms with Gasteiger partial charge in [-0.05, 0) is 49.7 Å². The van der Waals surface area contributed by atoms with Crippen LogP contribution < -0.4 is 4.90 Å². The second kappa shape index (κ2) is 7.70. The van der Waals surface area contributed by atoms with Gasteiger partial charge in [-0.2, -0.15) is 0 Å². The van der Waals surface area contributed by atoms with Gasteiger partial charge in [-0.3, -0.25) is 14.4 Å². The fraction of sp³-hybridized carbons (Fsp3) is 0.286. The molecular weight excluding hydrogens is 349 g/mol. The summed E-state index contributed by atoms with van der Waals surface area (Å²) in [5, 5.41) is 0. The minimum atomic E-state index is -0.612. The molecule has 0 aromatic heterocycles. The predicted molar refractivity (Wildman–Crippen MR) is 98.1 cm³/mol. The smallest absolute Gasteiger partial charge is 0.311 e. The number of Topliss-reactive ketones (excluding diaryl/α,β-unsaturated/α-hetero) is 1. The first-order valence-corrected chi connectivity index (χ1v) is 8.68. The van der Waals surface area contributed by atoms with Crippen LogP contribution in [0.3, 0.4) is 0 Å². The summed E-state index contributed by atoms with van der Waals surface area (Å²) < 4.78 is 18.0. The number of hydrogen-bond acceptors (Lipinski definition) is 4. The molecule has 6 heteroatoms. The Morgan fingerprint density at radius 1 is 1.15 bits per heavy atom. The summed E-state index contributed by atoms with van der Waals surface area (Å²) in [6, 6.07) is 10.8. The van der Waals surface area contributed by atoms with Gasteiger partial charge in [0.05, 0.1) is 5.92 Å². The van der Waals surface area contributed by atoms with Gasteiger partial charge in [0.25, 0.3) is 0 Å². The lowest BCUT2D eigenvalue weighted by molar-refractivity contribution is -0.147. The normalized spacial score (nSPS) is 16.5. The lowest BCUT2D eigenvalue weighted by atomic mass is 10.1. The second-order valence-corrected chi connectivity index (χ2v) is 6.73. The maximum absolute atomic E-state index is 12.9. The van der Waals surface area contributed by atoms with Gasteiger partial charge >= 0.3 is 5.97 Å². The zero-order chi connectivity index (χ0) is 19.6. The van der Waals surface area contributed by atoms with Crippen LogP contribution >= 0.6 is 0 Å². The molecule has 5 nitrogen and oxygen atoms in total. The fourth-order valence-electron chi connectivity index (χ4n) is 3.18. The highest BCUT2D eigenvalue weighted by molar-refractivity contribution is 6.01. The maximum Gasteiger partial charge on any atom is 0.311 e. The first-order valence-electron chi connectivity index (χ1n) is 8.68. The van der Waals surface area contributed by atoms with Crippen molar-refractivity contribution in [3.63, 3.8) is 0 Å². The van der Waals surface area contributed by atoms with Crippen LogP contribution in [0.15, 0.2) is 42.5 Å². The van der Waals surface area contributed by atoms with Crippen molar-refractivity contribution in [2.24, 2.45) is 5.92 Å². The Bertz CT molecular complexity index is 892. The lowest BCUT2D eigenvalue weighted by Gasteiger charge is -2.19. The van der Waals surface area contributed by atoms with Crippen LogP contribution in [0.1, 0.15) is 27.9 Å². The zero-order valence-electron chi connectivity index (χ0n) is 15.2. The molecule has 0 aliphatic carbocycles. The van der Waals surface area contributed by atoms with Gasteiger partial charge in [-0.1, -0.05) is 17.7 Å². The number of aryl methyl sites for hydroxylation is 2. The molecule has 0 bridgehead atoms. The molecule has 0 spiro atoms. The van der Waals surface area contributed by atoms with Crippen molar-refractivity contribution >= 4 is 23.3 Å². The number of carbonyl (C=O) groups excluding carboxylic acids is 3. The second-order valence-electron chi connectivity index (χ2n) is 6.73. The van der Waals surface area contributed by atoms with Crippen molar-refractivity contribution in [3.8, 4) is 0 Å². The molecule has 0 N–H and O–H groups in total. The monoisotopic (exact) mass is 369 g/mol. The molecule has 3 rings (SSSR count). The van der Waals surface area contributed by atoms with Gasteiger partial charge in [0, 0.05) is 24.2 Å². The molecular formula is C21H20FNO4. The molecule has 27 heavy (non-hydrogen) atoms. The summed E-state index contributed by atoms with van der Waals surface area (Å²) in [5.74, 6) is -2.20. The van der Waals surface area contributed by atoms with Gasteiger partial charge in [0.2, 0.25) is 5.91 Å². The van der Waals surface area contributed by atoms with Crippen LogP contribution in [0.2, 0.25) is 0 Å². The average molecular weight is 369 g/mol. The van der Waals surface area contributed by atoms with E-state index in [0.717, 1.165) is 16.8 Å². The van der Waals surface area contributed by atoms with E-state index in [1.165, 1.54) is 24.3 Å². The average Bonchev–Trinajstić information content (AvgIpc) is 3.01. The summed E-state index contributed by atoms with van der Waals surface area (Å²) >= 11 is 0. The number of hydrogen-bond donors (Lipinski definition) is 0. The number of carbonyl (C=O) groups is 3. The van der Waals surface area contributed by atoms with Gasteiger partial charge < -0.3 is 9.64 Å². The van der Waals surface area contributed by atoms with Gasteiger partial charge in [0.15, 0.2) is 12.4 Å². The van der Waals surface area contributed by atoms with Gasteiger partial charge in [-0.15, -0.1) is 0 Å². The summed E-state index contributed by atoms with van der Waals surface area (Å²) in [4.78, 5) is 38.2. The molecule has 2 aromatic rings. The van der Waals surface area contributed by atoms with E-state index in [0.29, 0.717) is 0 Å². The molecule has 0 radical (unpaired) electrons. The number of halogens is 1. The fourth-order valence-corrected chi connectivity index (χ4v) is 3.18. The lowest BCUT2D eigenvalue weighted by Crippen LogP contribution is -2.27. The van der Waals surface area contributed by atoms with Crippen molar-refractivity contribution in [1.82, 2.24) is 0 Å². The minimum absolute atomic E-state index is 0.0525. The first kappa shape index (κ1) is 18.8. The van der Waals surface area contributed by atoms with Crippen LogP contribution in [-0.4, -0.2) is 30.8 Å². The number of ketones is 1. The molecule has 0 unspecified atom stereocenters. The van der Waals surface area contributed by atoms with E-state index < -0.39 is 30.1 Å². The minimum Gasteiger partial charge on any atom is -0.457 e. The summed E-state index contributed by atoms with van der Waals surface area (Å²) in [5.41, 5.74) is 3.11. The highest BCUT2D eigenvalue weighted by atomic mass is 19.1. The first-order chi connectivity index (χ1) is 12.8. The Kier molecular flexibility index (Phi) is 5.35. The Balaban J connectivity index is 1.60. The number of esters is 1. The zero-order valence-corrected chi connectivity index (χ0v) is 15.2. The number of ether oxygens (including phenoxy) is 1. The van der Waals surface area contributed by atoms with Crippen molar-refractivity contribution in [1.29, 1.82) is 0 Å². The molecule has 1 saturated heterocycles. The number of amides is 1. The van der Waals surface area contributed by atoms with Gasteiger partial charge in [-0.25, -0.2) is 4.39 Å². The summed E-state index contributed by atoms with van der Waals surface area (Å²) in [6.45, 7) is 3.69. The summed E-state index contributed by atoms with van der Waals surface area (Å²) in [7, 11) is 0. The molecule has 140 valence electrons. The Hall–Kier alpha value is -3.02. The Morgan fingerprint density at radius 2 is 1.85 bits per heavy atom. The SMILES string of the molecule is Cc1ccc(N2C[C@H](C(=O)OCC(=O)c3ccc(F)cc3)CC2=O)c(C)c1. The quantitative estimate of drug-likeness (QED) is 0.600. The highest BCUT2D eigenvalue weighted by Gasteiger charge is 2.36. The van der Waals surface area contributed by atoms with Crippen LogP contribution in [0, 0.1) is 25.6 Å². The maximum atomic E-state index is 12.9. The van der Waals surface area contributed by atoms with Crippen molar-refractivity contribution < 1.29 is 23.5 Å². The van der Waals surface area contributed by atoms with Crippen LogP contribution in [0.5, 0.6) is 0 Å². The standard InChI is InChI=1S/C21H20FNO4/c1-13-3-8-18(14(2)9-13)23-11-16(10-20(23)25)21(26)27-12-19(24)15-4-6-17(22)7-5-15/h3-9,16H,10-12H2,1-2H3/t16-/m1/s1. The largest absolute Gasteiger partial charge is 0.457 e. The molecule has 1 fully saturated rings. The molecule has 1 amide bonds. The number of benzene rings is 2. The number of nitrogens with zero attached hydrogens (tertiary/aromatic N) is 1. The van der Waals surface area contributed by atoms with E-state index in [-0.39, 0.29) is 24.4 Å². The van der Waals surface area contributed by atoms with Crippen LogP contribution in [0.4, 0.5) is 10.1 Å². The van der Waals surface area contributed by atoms with Crippen molar-refractivity contribution in [3.05, 3.63) is 65.0 Å². The van der Waals surface area contributed by atoms with Gasteiger partial charge in [0.1, 0.15) is 5.82 Å². The van der Waals surface area contributed by atoms with E-state index in [4.69, 9.17) is 4.74 Å². The van der Waals surface area contributed by atoms with Crippen LogP contribution in [0.25, 0.3) is 0 Å². The predicted octanol–water partition coefficient (Wildman–Crippen LogP) is 3.22. The molecule has 1 heterocycles. The molecule has 1 atom stereocenters. The van der Waals surface area contributed by atoms with E-state index >= 15 is 0 Å². The molecule has 1 aliphatic rings. The summed E-state index contributed by atoms with van der Waals surface area (Å²) in [6.07, 6.45) is 0.0525. The third-order valence-corrected chi connectivity index (χ3v) is 4.61. The van der Waals surface area contributed by atoms with Crippen molar-refractivity contribution in [2.75, 3.05) is 18.1 Å². The Morgan fingerprint density at radius 3 is 2.52 bits per heavy atom. The highest BCUT2D eigenvalue weighted by Crippen LogP contribution is 2.29. The molecule has 2 aromatic carbocycles. The Labute approximate surface area is 156 Å². The number of rotatable bonds is 5. The third kappa shape index (κ3) is 4.22. The van der Waals surface area contributed by atoms with E-state index in [1.54, 1.807) is 4.90 Å². The van der Waals surface area contributed by atoms with E-state index in [9.17, 15) is 18.8 Å². The molecule has 1 aliphatic heterocycles. The number of anilines is 1. The third-order valence-electron chi connectivity index (χ3n) is 4.61. The molecule has 0 saturated carbocycles. The van der Waals surface area contributed by atoms with E-state index in [2.05, 4.69) is 0 Å². The topological polar surface area (TPSA) is 63.7 Å². The van der Waals surface area contributed by atoms with E-state index in [1.807, 2.05) is 32.0 Å². The van der Waals surface area contributed by atoms with Crippen LogP contribution in [-0.2, 0) is 14.3 Å². The van der Waals surface area contributed by atoms with Crippen molar-refractivity contribution in [2.45, 2.75) is 20.3 Å².